The maximum absolute atomic E-state index is 12.3. The molecule has 0 saturated carbocycles. The van der Waals surface area contributed by atoms with E-state index in [0.717, 1.165) is 18.3 Å². The molecule has 9 heteroatoms. The first-order valence-electron chi connectivity index (χ1n) is 6.37. The van der Waals surface area contributed by atoms with E-state index in [-0.39, 0.29) is 17.5 Å². The summed E-state index contributed by atoms with van der Waals surface area (Å²) < 4.78 is 62.6. The lowest BCUT2D eigenvalue weighted by molar-refractivity contribution is -0.141. The predicted octanol–water partition coefficient (Wildman–Crippen LogP) is 2.23. The second-order valence-corrected chi connectivity index (χ2v) is 6.66. The van der Waals surface area contributed by atoms with Gasteiger partial charge < -0.3 is 5.32 Å². The van der Waals surface area contributed by atoms with Crippen molar-refractivity contribution in [3.05, 3.63) is 24.0 Å². The third-order valence-corrected chi connectivity index (χ3v) is 3.84. The number of nitrogens with one attached hydrogen (secondary N) is 2. The highest BCUT2D eigenvalue weighted by molar-refractivity contribution is 7.92. The molecule has 1 heterocycles. The molecule has 5 nitrogen and oxygen atoms in total. The van der Waals surface area contributed by atoms with Crippen LogP contribution in [0.2, 0.25) is 0 Å². The van der Waals surface area contributed by atoms with Crippen molar-refractivity contribution in [2.45, 2.75) is 32.5 Å². The van der Waals surface area contributed by atoms with Gasteiger partial charge in [-0.25, -0.2) is 13.4 Å². The summed E-state index contributed by atoms with van der Waals surface area (Å²) in [7, 11) is -3.59. The number of sulfonamides is 1. The molecular weight excluding hydrogens is 307 g/mol. The lowest BCUT2D eigenvalue weighted by Gasteiger charge is -2.10. The summed E-state index contributed by atoms with van der Waals surface area (Å²) in [5.41, 5.74) is -1.05. The van der Waals surface area contributed by atoms with Gasteiger partial charge in [-0.05, 0) is 25.1 Å². The topological polar surface area (TPSA) is 71.1 Å². The van der Waals surface area contributed by atoms with E-state index in [0.29, 0.717) is 13.0 Å². The zero-order chi connectivity index (χ0) is 16.1. The number of hydrogen-bond acceptors (Lipinski definition) is 4. The van der Waals surface area contributed by atoms with Gasteiger partial charge in [-0.1, -0.05) is 13.8 Å². The highest BCUT2D eigenvalue weighted by Gasteiger charge is 2.32. The van der Waals surface area contributed by atoms with Gasteiger partial charge in [-0.3, -0.25) is 4.72 Å². The normalized spacial score (nSPS) is 12.7. The Bertz CT molecular complexity index is 542. The molecule has 0 bridgehead atoms. The van der Waals surface area contributed by atoms with E-state index in [1.165, 1.54) is 0 Å². The molecule has 0 aliphatic carbocycles. The van der Waals surface area contributed by atoms with Crippen LogP contribution in [0.5, 0.6) is 0 Å². The van der Waals surface area contributed by atoms with Gasteiger partial charge in [-0.2, -0.15) is 13.2 Å². The molecule has 0 atom stereocenters. The van der Waals surface area contributed by atoms with Gasteiger partial charge in [0, 0.05) is 6.04 Å². The lowest BCUT2D eigenvalue weighted by Crippen LogP contribution is -2.26. The zero-order valence-electron chi connectivity index (χ0n) is 11.7. The van der Waals surface area contributed by atoms with Gasteiger partial charge in [0.2, 0.25) is 10.0 Å². The summed E-state index contributed by atoms with van der Waals surface area (Å²) >= 11 is 0. The maximum atomic E-state index is 12.3. The number of hydrogen-bond donors (Lipinski definition) is 2. The molecule has 0 spiro atoms. The van der Waals surface area contributed by atoms with Gasteiger partial charge in [-0.15, -0.1) is 0 Å². The minimum Gasteiger partial charge on any atom is -0.314 e. The van der Waals surface area contributed by atoms with Crippen LogP contribution in [0.4, 0.5) is 18.9 Å². The Hall–Kier alpha value is -1.35. The molecule has 0 aliphatic rings. The van der Waals surface area contributed by atoms with Crippen LogP contribution in [-0.2, 0) is 16.2 Å². The fraction of sp³-hybridized carbons (Fsp3) is 0.583. The van der Waals surface area contributed by atoms with Crippen LogP contribution in [-0.4, -0.2) is 31.7 Å². The highest BCUT2D eigenvalue weighted by atomic mass is 32.2. The summed E-state index contributed by atoms with van der Waals surface area (Å²) in [6, 6.07) is 2.04. The number of halogens is 3. The number of nitrogens with zero attached hydrogens (tertiary/aromatic N) is 1. The Labute approximate surface area is 122 Å². The van der Waals surface area contributed by atoms with Gasteiger partial charge in [0.1, 0.15) is 5.69 Å². The Morgan fingerprint density at radius 3 is 2.43 bits per heavy atom. The Balaban J connectivity index is 2.55. The zero-order valence-corrected chi connectivity index (χ0v) is 12.6. The standard InChI is InChI=1S/C12H18F3N3O2S/c1-9(2)16-6-3-7-21(19,20)18-10-4-5-11(17-8-10)12(13,14)15/h4-5,8-9,16,18H,3,6-7H2,1-2H3. The van der Waals surface area contributed by atoms with Crippen LogP contribution < -0.4 is 10.0 Å². The number of aromatic nitrogens is 1. The Kier molecular flexibility index (Phi) is 5.97. The highest BCUT2D eigenvalue weighted by Crippen LogP contribution is 2.27. The van der Waals surface area contributed by atoms with Crippen molar-refractivity contribution < 1.29 is 21.6 Å². The van der Waals surface area contributed by atoms with Crippen LogP contribution in [0.3, 0.4) is 0 Å². The Morgan fingerprint density at radius 1 is 1.29 bits per heavy atom. The van der Waals surface area contributed by atoms with Crippen molar-refractivity contribution in [1.82, 2.24) is 10.3 Å². The van der Waals surface area contributed by atoms with Gasteiger partial charge in [0.05, 0.1) is 17.6 Å². The molecule has 1 aromatic heterocycles. The van der Waals surface area contributed by atoms with Crippen molar-refractivity contribution in [2.24, 2.45) is 0 Å². The number of rotatable bonds is 7. The molecule has 0 unspecified atom stereocenters. The molecule has 1 aromatic rings. The molecule has 0 aliphatic heterocycles. The minimum absolute atomic E-state index is 0.0137. The van der Waals surface area contributed by atoms with Crippen LogP contribution in [0.1, 0.15) is 26.0 Å². The molecule has 120 valence electrons. The van der Waals surface area contributed by atoms with Gasteiger partial charge in [0.15, 0.2) is 0 Å². The minimum atomic E-state index is -4.54. The molecule has 0 radical (unpaired) electrons. The maximum Gasteiger partial charge on any atom is 0.433 e. The third-order valence-electron chi connectivity index (χ3n) is 2.47. The molecule has 0 fully saturated rings. The quantitative estimate of drug-likeness (QED) is 0.754. The molecule has 0 amide bonds. The number of pyridine rings is 1. The molecular formula is C12H18F3N3O2S. The first kappa shape index (κ1) is 17.7. The molecule has 0 saturated heterocycles. The van der Waals surface area contributed by atoms with Crippen molar-refractivity contribution in [3.8, 4) is 0 Å². The smallest absolute Gasteiger partial charge is 0.314 e. The SMILES string of the molecule is CC(C)NCCCS(=O)(=O)Nc1ccc(C(F)(F)F)nc1. The Morgan fingerprint density at radius 2 is 1.95 bits per heavy atom. The van der Waals surface area contributed by atoms with Crippen LogP contribution in [0.15, 0.2) is 18.3 Å². The molecule has 1 rings (SSSR count). The summed E-state index contributed by atoms with van der Waals surface area (Å²) in [4.78, 5) is 3.19. The van der Waals surface area contributed by atoms with E-state index >= 15 is 0 Å². The van der Waals surface area contributed by atoms with Gasteiger partial charge >= 0.3 is 6.18 Å². The molecule has 2 N–H and O–H groups in total. The largest absolute Gasteiger partial charge is 0.433 e. The molecule has 0 aromatic carbocycles. The first-order valence-corrected chi connectivity index (χ1v) is 8.02. The van der Waals surface area contributed by atoms with E-state index in [1.54, 1.807) is 0 Å². The second kappa shape index (κ2) is 7.08. The fourth-order valence-corrected chi connectivity index (χ4v) is 2.61. The average molecular weight is 325 g/mol. The third kappa shape index (κ3) is 6.76. The van der Waals surface area contributed by atoms with E-state index in [9.17, 15) is 21.6 Å². The predicted molar refractivity (Wildman–Crippen MR) is 74.4 cm³/mol. The summed E-state index contributed by atoms with van der Waals surface area (Å²) in [5, 5.41) is 3.08. The van der Waals surface area contributed by atoms with Crippen molar-refractivity contribution >= 4 is 15.7 Å². The lowest BCUT2D eigenvalue weighted by atomic mass is 10.3. The number of alkyl halides is 3. The van der Waals surface area contributed by atoms with E-state index < -0.39 is 21.9 Å². The summed E-state index contributed by atoms with van der Waals surface area (Å²) in [6.07, 6.45) is -3.28. The van der Waals surface area contributed by atoms with E-state index in [2.05, 4.69) is 15.0 Å². The van der Waals surface area contributed by atoms with Crippen LogP contribution >= 0.6 is 0 Å². The summed E-state index contributed by atoms with van der Waals surface area (Å²) in [5.74, 6) is -0.117. The van der Waals surface area contributed by atoms with E-state index in [4.69, 9.17) is 0 Å². The van der Waals surface area contributed by atoms with Crippen molar-refractivity contribution in [3.63, 3.8) is 0 Å². The van der Waals surface area contributed by atoms with E-state index in [1.807, 2.05) is 13.8 Å². The number of anilines is 1. The van der Waals surface area contributed by atoms with Gasteiger partial charge in [0.25, 0.3) is 0 Å². The van der Waals surface area contributed by atoms with Crippen LogP contribution in [0, 0.1) is 0 Å². The first-order chi connectivity index (χ1) is 9.60. The average Bonchev–Trinajstić information content (AvgIpc) is 2.33. The second-order valence-electron chi connectivity index (χ2n) is 4.81. The molecule has 21 heavy (non-hydrogen) atoms. The monoisotopic (exact) mass is 325 g/mol. The van der Waals surface area contributed by atoms with Crippen molar-refractivity contribution in [2.75, 3.05) is 17.0 Å². The fourth-order valence-electron chi connectivity index (χ4n) is 1.51. The van der Waals surface area contributed by atoms with Crippen LogP contribution in [0.25, 0.3) is 0 Å². The van der Waals surface area contributed by atoms with Crippen molar-refractivity contribution in [1.29, 1.82) is 0 Å². The summed E-state index contributed by atoms with van der Waals surface area (Å²) in [6.45, 7) is 4.44.